The van der Waals surface area contributed by atoms with Crippen molar-refractivity contribution in [2.75, 3.05) is 6.35 Å². The number of hydrogen-bond acceptors (Lipinski definition) is 5. The minimum Gasteiger partial charge on any atom is -0.462 e. The Balaban J connectivity index is 2.03. The van der Waals surface area contributed by atoms with E-state index in [1.165, 1.54) is 0 Å². The van der Waals surface area contributed by atoms with Crippen molar-refractivity contribution >= 4 is 13.5 Å². The topological polar surface area (TPSA) is 68.6 Å². The van der Waals surface area contributed by atoms with E-state index in [1.807, 2.05) is 0 Å². The van der Waals surface area contributed by atoms with Gasteiger partial charge in [0.15, 0.2) is 6.35 Å². The predicted octanol–water partition coefficient (Wildman–Crippen LogP) is 5.13. The smallest absolute Gasteiger partial charge is 0.462 e. The summed E-state index contributed by atoms with van der Waals surface area (Å²) in [6, 6.07) is 17.4. The number of benzene rings is 2. The van der Waals surface area contributed by atoms with Gasteiger partial charge in [0, 0.05) is 0 Å². The van der Waals surface area contributed by atoms with Crippen LogP contribution in [0, 0.1) is 5.41 Å². The number of nitrogens with one attached hydrogen (secondary N) is 1. The zero-order valence-electron chi connectivity index (χ0n) is 13.6. The molecular weight excluding hydrogens is 370 g/mol. The minimum atomic E-state index is -4.97. The van der Waals surface area contributed by atoms with Crippen molar-refractivity contribution in [1.29, 1.82) is 5.41 Å². The van der Waals surface area contributed by atoms with Crippen LogP contribution in [0.3, 0.4) is 0 Å². The van der Waals surface area contributed by atoms with Gasteiger partial charge in [-0.15, -0.1) is 0 Å². The SMILES string of the molecule is N=C(OCP(=O)(OCc1ccccc1)OCc1ccccc1)C(F)(F)F. The van der Waals surface area contributed by atoms with Crippen LogP contribution in [-0.4, -0.2) is 18.4 Å². The van der Waals surface area contributed by atoms with Gasteiger partial charge in [0.25, 0.3) is 5.90 Å². The van der Waals surface area contributed by atoms with Gasteiger partial charge >= 0.3 is 13.8 Å². The summed E-state index contributed by atoms with van der Waals surface area (Å²) in [6.07, 6.45) is -5.98. The molecule has 0 bridgehead atoms. The van der Waals surface area contributed by atoms with E-state index in [0.29, 0.717) is 11.1 Å². The van der Waals surface area contributed by atoms with Crippen LogP contribution in [0.5, 0.6) is 0 Å². The Bertz CT molecular complexity index is 706. The number of hydrogen-bond donors (Lipinski definition) is 1. The molecule has 0 aliphatic rings. The highest BCUT2D eigenvalue weighted by atomic mass is 31.2. The number of rotatable bonds is 8. The summed E-state index contributed by atoms with van der Waals surface area (Å²) in [5, 5.41) is 6.83. The fourth-order valence-electron chi connectivity index (χ4n) is 1.83. The zero-order valence-corrected chi connectivity index (χ0v) is 14.5. The van der Waals surface area contributed by atoms with Crippen molar-refractivity contribution in [1.82, 2.24) is 0 Å². The lowest BCUT2D eigenvalue weighted by molar-refractivity contribution is -0.0780. The van der Waals surface area contributed by atoms with Crippen molar-refractivity contribution in [3.05, 3.63) is 71.8 Å². The number of ether oxygens (including phenoxy) is 1. The first-order chi connectivity index (χ1) is 12.3. The molecule has 0 unspecified atom stereocenters. The molecule has 0 amide bonds. The number of halogens is 3. The first-order valence-electron chi connectivity index (χ1n) is 7.53. The van der Waals surface area contributed by atoms with E-state index >= 15 is 0 Å². The molecule has 1 N–H and O–H groups in total. The molecular formula is C17H17F3NO4P. The normalized spacial score (nSPS) is 12.0. The first-order valence-corrected chi connectivity index (χ1v) is 9.26. The molecule has 140 valence electrons. The molecule has 0 aliphatic carbocycles. The number of alkyl halides is 3. The van der Waals surface area contributed by atoms with E-state index < -0.39 is 26.0 Å². The Morgan fingerprint density at radius 1 is 0.885 bits per heavy atom. The average molecular weight is 387 g/mol. The molecule has 0 heterocycles. The van der Waals surface area contributed by atoms with Crippen molar-refractivity contribution in [2.24, 2.45) is 0 Å². The first kappa shape index (κ1) is 20.2. The van der Waals surface area contributed by atoms with E-state index in [0.717, 1.165) is 0 Å². The molecule has 26 heavy (non-hydrogen) atoms. The van der Waals surface area contributed by atoms with Crippen LogP contribution in [0.1, 0.15) is 11.1 Å². The van der Waals surface area contributed by atoms with E-state index in [-0.39, 0.29) is 13.2 Å². The van der Waals surface area contributed by atoms with Crippen LogP contribution >= 0.6 is 7.60 Å². The second-order valence-electron chi connectivity index (χ2n) is 5.23. The summed E-state index contributed by atoms with van der Waals surface area (Å²) in [7, 11) is -4.04. The Morgan fingerprint density at radius 2 is 1.31 bits per heavy atom. The average Bonchev–Trinajstić information content (AvgIpc) is 2.64. The summed E-state index contributed by atoms with van der Waals surface area (Å²) in [4.78, 5) is 0. The molecule has 0 atom stereocenters. The molecule has 9 heteroatoms. The van der Waals surface area contributed by atoms with E-state index in [2.05, 4.69) is 4.74 Å². The van der Waals surface area contributed by atoms with Crippen LogP contribution in [0.2, 0.25) is 0 Å². The van der Waals surface area contributed by atoms with Gasteiger partial charge in [0.2, 0.25) is 0 Å². The van der Waals surface area contributed by atoms with Crippen molar-refractivity contribution in [3.8, 4) is 0 Å². The molecule has 0 spiro atoms. The van der Waals surface area contributed by atoms with E-state index in [9.17, 15) is 17.7 Å². The van der Waals surface area contributed by atoms with Crippen molar-refractivity contribution in [2.45, 2.75) is 19.4 Å². The third kappa shape index (κ3) is 6.63. The third-order valence-corrected chi connectivity index (χ3v) is 4.66. The van der Waals surface area contributed by atoms with Gasteiger partial charge in [0.1, 0.15) is 0 Å². The Labute approximate surface area is 148 Å². The van der Waals surface area contributed by atoms with Gasteiger partial charge in [-0.3, -0.25) is 9.97 Å². The second kappa shape index (κ2) is 8.98. The Morgan fingerprint density at radius 3 is 1.69 bits per heavy atom. The van der Waals surface area contributed by atoms with Crippen molar-refractivity contribution in [3.63, 3.8) is 0 Å². The lowest BCUT2D eigenvalue weighted by atomic mass is 10.2. The fourth-order valence-corrected chi connectivity index (χ4v) is 3.03. The zero-order chi connectivity index (χ0) is 19.0. The largest absolute Gasteiger partial charge is 0.467 e. The monoisotopic (exact) mass is 387 g/mol. The molecule has 0 fully saturated rings. The van der Waals surface area contributed by atoms with Crippen LogP contribution in [0.4, 0.5) is 13.2 Å². The van der Waals surface area contributed by atoms with Crippen LogP contribution < -0.4 is 0 Å². The molecule has 2 aromatic carbocycles. The van der Waals surface area contributed by atoms with Crippen LogP contribution in [0.25, 0.3) is 0 Å². The Kier molecular flexibility index (Phi) is 6.97. The summed E-state index contributed by atoms with van der Waals surface area (Å²) in [5.74, 6) is -1.95. The summed E-state index contributed by atoms with van der Waals surface area (Å²) >= 11 is 0. The highest BCUT2D eigenvalue weighted by molar-refractivity contribution is 7.53. The molecule has 0 radical (unpaired) electrons. The van der Waals surface area contributed by atoms with E-state index in [1.54, 1.807) is 60.7 Å². The molecule has 0 aromatic heterocycles. The molecule has 0 saturated carbocycles. The van der Waals surface area contributed by atoms with Gasteiger partial charge in [-0.05, 0) is 11.1 Å². The lowest BCUT2D eigenvalue weighted by Crippen LogP contribution is -2.25. The van der Waals surface area contributed by atoms with Gasteiger partial charge in [-0.25, -0.2) is 0 Å². The summed E-state index contributed by atoms with van der Waals surface area (Å²) < 4.78 is 64.8. The highest BCUT2D eigenvalue weighted by Crippen LogP contribution is 2.50. The molecule has 2 rings (SSSR count). The van der Waals surface area contributed by atoms with Crippen LogP contribution in [0.15, 0.2) is 60.7 Å². The standard InChI is InChI=1S/C17H17F3NO4P/c18-17(19,20)16(21)23-13-26(22,24-11-14-7-3-1-4-8-14)25-12-15-9-5-2-6-10-15/h1-10,21H,11-13H2. The van der Waals surface area contributed by atoms with Gasteiger partial charge in [0.05, 0.1) is 13.2 Å². The van der Waals surface area contributed by atoms with Crippen LogP contribution in [-0.2, 0) is 31.6 Å². The molecule has 5 nitrogen and oxygen atoms in total. The van der Waals surface area contributed by atoms with Crippen molar-refractivity contribution < 1.29 is 31.5 Å². The highest BCUT2D eigenvalue weighted by Gasteiger charge is 2.39. The molecule has 0 aliphatic heterocycles. The maximum Gasteiger partial charge on any atom is 0.467 e. The Hall–Kier alpha value is -2.15. The predicted molar refractivity (Wildman–Crippen MR) is 89.8 cm³/mol. The quantitative estimate of drug-likeness (QED) is 0.388. The maximum absolute atomic E-state index is 12.8. The molecule has 2 aromatic rings. The summed E-state index contributed by atoms with van der Waals surface area (Å²) in [6.45, 7) is -0.259. The fraction of sp³-hybridized carbons (Fsp3) is 0.235. The second-order valence-corrected chi connectivity index (χ2v) is 7.23. The molecule has 0 saturated heterocycles. The van der Waals surface area contributed by atoms with Gasteiger partial charge in [-0.1, -0.05) is 60.7 Å². The minimum absolute atomic E-state index is 0.129. The lowest BCUT2D eigenvalue weighted by Gasteiger charge is -2.20. The van der Waals surface area contributed by atoms with Gasteiger partial charge < -0.3 is 13.8 Å². The van der Waals surface area contributed by atoms with E-state index in [4.69, 9.17) is 14.5 Å². The summed E-state index contributed by atoms with van der Waals surface area (Å²) in [5.41, 5.74) is 1.34. The van der Waals surface area contributed by atoms with Gasteiger partial charge in [-0.2, -0.15) is 13.2 Å². The maximum atomic E-state index is 12.8. The third-order valence-electron chi connectivity index (χ3n) is 3.17.